The number of nitrogens with zero attached hydrogens (tertiary/aromatic N) is 3. The molecular weight excluding hydrogens is 482 g/mol. The van der Waals surface area contributed by atoms with E-state index in [0.29, 0.717) is 39.1 Å². The Bertz CT molecular complexity index is 1830. The lowest BCUT2D eigenvalue weighted by molar-refractivity contribution is -0.116. The number of benzene rings is 4. The van der Waals surface area contributed by atoms with Gasteiger partial charge in [0.25, 0.3) is 0 Å². The number of para-hydroxylation sites is 3. The molecule has 0 aliphatic rings. The van der Waals surface area contributed by atoms with Crippen LogP contribution in [0.15, 0.2) is 97.1 Å². The van der Waals surface area contributed by atoms with Crippen LogP contribution in [0.1, 0.15) is 5.56 Å². The molecule has 6 aromatic rings. The summed E-state index contributed by atoms with van der Waals surface area (Å²) >= 11 is 0. The number of halogens is 2. The first kappa shape index (κ1) is 23.5. The number of aryl methyl sites for hydroxylation is 1. The van der Waals surface area contributed by atoms with Crippen LogP contribution < -0.4 is 5.32 Å². The minimum atomic E-state index is -0.407. The molecule has 38 heavy (non-hydrogen) atoms. The monoisotopic (exact) mass is 504 g/mol. The Morgan fingerprint density at radius 2 is 1.55 bits per heavy atom. The Kier molecular flexibility index (Phi) is 5.88. The third kappa shape index (κ3) is 4.39. The first-order valence-corrected chi connectivity index (χ1v) is 12.1. The van der Waals surface area contributed by atoms with Crippen molar-refractivity contribution in [2.75, 3.05) is 5.32 Å². The third-order valence-corrected chi connectivity index (χ3v) is 6.53. The number of hydrogen-bond donors (Lipinski definition) is 1. The predicted octanol–water partition coefficient (Wildman–Crippen LogP) is 7.14. The number of rotatable bonds is 5. The summed E-state index contributed by atoms with van der Waals surface area (Å²) in [6, 6.07) is 27.4. The molecular formula is C31H22F2N4O. The van der Waals surface area contributed by atoms with Crippen molar-refractivity contribution in [3.63, 3.8) is 0 Å². The summed E-state index contributed by atoms with van der Waals surface area (Å²) in [5.74, 6) is -0.465. The molecule has 0 radical (unpaired) electrons. The lowest BCUT2D eigenvalue weighted by atomic mass is 10.0. The second-order valence-electron chi connectivity index (χ2n) is 9.10. The van der Waals surface area contributed by atoms with E-state index >= 15 is 0 Å². The van der Waals surface area contributed by atoms with Crippen LogP contribution in [0, 0.1) is 18.6 Å². The largest absolute Gasteiger partial charge is 0.324 e. The quantitative estimate of drug-likeness (QED) is 0.271. The molecule has 0 bridgehead atoms. The van der Waals surface area contributed by atoms with Crippen molar-refractivity contribution in [3.8, 4) is 22.6 Å². The van der Waals surface area contributed by atoms with Crippen LogP contribution >= 0.6 is 0 Å². The van der Waals surface area contributed by atoms with Crippen molar-refractivity contribution in [1.82, 2.24) is 14.5 Å². The molecule has 2 heterocycles. The van der Waals surface area contributed by atoms with Crippen LogP contribution in [0.4, 0.5) is 14.5 Å². The van der Waals surface area contributed by atoms with Crippen LogP contribution in [0.5, 0.6) is 0 Å². The van der Waals surface area contributed by atoms with Gasteiger partial charge >= 0.3 is 0 Å². The Morgan fingerprint density at radius 3 is 2.37 bits per heavy atom. The molecule has 1 N–H and O–H groups in total. The van der Waals surface area contributed by atoms with E-state index in [1.54, 1.807) is 18.2 Å². The van der Waals surface area contributed by atoms with Crippen molar-refractivity contribution in [1.29, 1.82) is 0 Å². The zero-order valence-corrected chi connectivity index (χ0v) is 20.5. The van der Waals surface area contributed by atoms with E-state index < -0.39 is 5.82 Å². The summed E-state index contributed by atoms with van der Waals surface area (Å²) in [5, 5.41) is 3.55. The highest BCUT2D eigenvalue weighted by atomic mass is 19.1. The maximum absolute atomic E-state index is 14.4. The van der Waals surface area contributed by atoms with Crippen LogP contribution in [0.2, 0.25) is 0 Å². The Labute approximate surface area is 217 Å². The van der Waals surface area contributed by atoms with Crippen molar-refractivity contribution in [3.05, 3.63) is 114 Å². The number of pyridine rings is 1. The molecule has 0 unspecified atom stereocenters. The average molecular weight is 505 g/mol. The number of hydrogen-bond acceptors (Lipinski definition) is 3. The van der Waals surface area contributed by atoms with E-state index in [9.17, 15) is 13.6 Å². The summed E-state index contributed by atoms with van der Waals surface area (Å²) in [4.78, 5) is 22.8. The van der Waals surface area contributed by atoms with Gasteiger partial charge in [0.05, 0.1) is 22.2 Å². The van der Waals surface area contributed by atoms with Gasteiger partial charge in [-0.05, 0) is 79.2 Å². The predicted molar refractivity (Wildman–Crippen MR) is 146 cm³/mol. The van der Waals surface area contributed by atoms with E-state index in [4.69, 9.17) is 9.97 Å². The molecule has 0 saturated heterocycles. The zero-order chi connectivity index (χ0) is 26.2. The molecule has 186 valence electrons. The number of carbonyl (C=O) groups excluding carboxylic acids is 1. The third-order valence-electron chi connectivity index (χ3n) is 6.53. The molecule has 5 nitrogen and oxygen atoms in total. The highest BCUT2D eigenvalue weighted by molar-refractivity contribution is 5.98. The number of fused-ring (bicyclic) bond motifs is 2. The molecule has 1 amide bonds. The summed E-state index contributed by atoms with van der Waals surface area (Å²) in [7, 11) is 0. The van der Waals surface area contributed by atoms with Gasteiger partial charge < -0.3 is 9.88 Å². The zero-order valence-electron chi connectivity index (χ0n) is 20.5. The summed E-state index contributed by atoms with van der Waals surface area (Å²) < 4.78 is 29.9. The van der Waals surface area contributed by atoms with E-state index in [2.05, 4.69) is 5.32 Å². The SMILES string of the molecule is Cc1ccccc1NC(=O)Cn1c(-c2cc(-c3ccc(F)cc3)nc3ccc(F)cc23)nc2ccccc21. The molecule has 7 heteroatoms. The van der Waals surface area contributed by atoms with E-state index in [-0.39, 0.29) is 18.3 Å². The van der Waals surface area contributed by atoms with Crippen LogP contribution in [-0.4, -0.2) is 20.4 Å². The van der Waals surface area contributed by atoms with Crippen LogP contribution in [-0.2, 0) is 11.3 Å². The van der Waals surface area contributed by atoms with Crippen molar-refractivity contribution in [2.45, 2.75) is 13.5 Å². The summed E-state index contributed by atoms with van der Waals surface area (Å²) in [6.45, 7) is 1.93. The highest BCUT2D eigenvalue weighted by Gasteiger charge is 2.20. The molecule has 0 fully saturated rings. The molecule has 0 saturated carbocycles. The van der Waals surface area contributed by atoms with Gasteiger partial charge in [-0.1, -0.05) is 30.3 Å². The Balaban J connectivity index is 1.53. The van der Waals surface area contributed by atoms with Gasteiger partial charge in [-0.15, -0.1) is 0 Å². The topological polar surface area (TPSA) is 59.8 Å². The second-order valence-corrected chi connectivity index (χ2v) is 9.10. The average Bonchev–Trinajstić information content (AvgIpc) is 3.28. The van der Waals surface area contributed by atoms with Crippen LogP contribution in [0.3, 0.4) is 0 Å². The molecule has 0 aliphatic carbocycles. The van der Waals surface area contributed by atoms with Gasteiger partial charge in [0.2, 0.25) is 5.91 Å². The number of anilines is 1. The number of nitrogens with one attached hydrogen (secondary N) is 1. The smallest absolute Gasteiger partial charge is 0.244 e. The van der Waals surface area contributed by atoms with Crippen molar-refractivity contribution < 1.29 is 13.6 Å². The van der Waals surface area contributed by atoms with Gasteiger partial charge in [-0.3, -0.25) is 4.79 Å². The Hall–Kier alpha value is -4.91. The molecule has 0 aliphatic heterocycles. The Morgan fingerprint density at radius 1 is 0.816 bits per heavy atom. The van der Waals surface area contributed by atoms with E-state index in [1.165, 1.54) is 24.3 Å². The van der Waals surface area contributed by atoms with Crippen molar-refractivity contribution in [2.24, 2.45) is 0 Å². The first-order chi connectivity index (χ1) is 18.5. The fourth-order valence-electron chi connectivity index (χ4n) is 4.64. The molecule has 0 atom stereocenters. The minimum Gasteiger partial charge on any atom is -0.324 e. The fourth-order valence-corrected chi connectivity index (χ4v) is 4.64. The summed E-state index contributed by atoms with van der Waals surface area (Å²) in [6.07, 6.45) is 0. The minimum absolute atomic E-state index is 0.00477. The normalized spacial score (nSPS) is 11.2. The second kappa shape index (κ2) is 9.52. The highest BCUT2D eigenvalue weighted by Crippen LogP contribution is 2.34. The number of aromatic nitrogens is 3. The first-order valence-electron chi connectivity index (χ1n) is 12.1. The number of imidazole rings is 1. The van der Waals surface area contributed by atoms with E-state index in [1.807, 2.05) is 66.1 Å². The lowest BCUT2D eigenvalue weighted by Crippen LogP contribution is -2.20. The number of carbonyl (C=O) groups is 1. The van der Waals surface area contributed by atoms with E-state index in [0.717, 1.165) is 16.8 Å². The molecule has 6 rings (SSSR count). The van der Waals surface area contributed by atoms with Crippen molar-refractivity contribution >= 4 is 33.5 Å². The van der Waals surface area contributed by atoms with Gasteiger partial charge in [0.1, 0.15) is 24.0 Å². The maximum atomic E-state index is 14.4. The fraction of sp³-hybridized carbons (Fsp3) is 0.0645. The van der Waals surface area contributed by atoms with Gasteiger partial charge in [0.15, 0.2) is 0 Å². The maximum Gasteiger partial charge on any atom is 0.244 e. The summed E-state index contributed by atoms with van der Waals surface area (Å²) in [5.41, 5.74) is 5.64. The standard InChI is InChI=1S/C31H22F2N4O/c1-19-6-2-3-7-25(19)35-30(38)18-37-29-9-5-4-8-27(29)36-31(37)24-17-28(20-10-12-21(32)13-11-20)34-26-15-14-22(33)16-23(24)26/h2-17H,18H2,1H3,(H,35,38). The molecule has 2 aromatic heterocycles. The molecule has 4 aromatic carbocycles. The lowest BCUT2D eigenvalue weighted by Gasteiger charge is -2.14. The molecule has 0 spiro atoms. The van der Waals surface area contributed by atoms with Gasteiger partial charge in [-0.2, -0.15) is 0 Å². The van der Waals surface area contributed by atoms with Gasteiger partial charge in [-0.25, -0.2) is 18.7 Å². The number of amides is 1. The van der Waals surface area contributed by atoms with Gasteiger partial charge in [0, 0.05) is 22.2 Å². The van der Waals surface area contributed by atoms with Crippen LogP contribution in [0.25, 0.3) is 44.6 Å².